The molecule has 164 valence electrons. The van der Waals surface area contributed by atoms with Crippen LogP contribution in [0.15, 0.2) is 28.1 Å². The molecule has 1 aliphatic rings. The van der Waals surface area contributed by atoms with Crippen molar-refractivity contribution >= 4 is 23.2 Å². The van der Waals surface area contributed by atoms with Crippen LogP contribution in [0.4, 0.5) is 0 Å². The lowest BCUT2D eigenvalue weighted by atomic mass is 10.2. The van der Waals surface area contributed by atoms with Crippen LogP contribution < -0.4 is 11.1 Å². The molecule has 3 rings (SSSR count). The number of hydrogen-bond donors (Lipinski definition) is 3. The zero-order chi connectivity index (χ0) is 21.3. The summed E-state index contributed by atoms with van der Waals surface area (Å²) in [5.74, 6) is -0.272. The third-order valence-corrected chi connectivity index (χ3v) is 6.05. The van der Waals surface area contributed by atoms with Crippen LogP contribution in [0.2, 0.25) is 0 Å². The minimum Gasteiger partial charge on any atom is -0.382 e. The molecule has 0 aliphatic carbocycles. The Hall–Kier alpha value is -2.27. The number of carbonyl (C=O) groups excluding carboxylic acids is 2. The predicted molar refractivity (Wildman–Crippen MR) is 114 cm³/mol. The number of β-amino-alcohol motifs (C(OH)–C–C–N with tert-alkyl or cyclic N) is 1. The molecule has 0 unspecified atom stereocenters. The third kappa shape index (κ3) is 6.63. The Morgan fingerprint density at radius 2 is 2.00 bits per heavy atom. The summed E-state index contributed by atoms with van der Waals surface area (Å²) in [5.41, 5.74) is 5.40. The first kappa shape index (κ1) is 22.4. The molecule has 0 spiro atoms. The van der Waals surface area contributed by atoms with Gasteiger partial charge in [0.1, 0.15) is 6.10 Å². The van der Waals surface area contributed by atoms with Gasteiger partial charge in [-0.15, -0.1) is 11.3 Å². The third-order valence-electron chi connectivity index (χ3n) is 5.17. The van der Waals surface area contributed by atoms with Crippen molar-refractivity contribution in [1.82, 2.24) is 20.3 Å². The van der Waals surface area contributed by atoms with Gasteiger partial charge in [-0.25, -0.2) is 0 Å². The van der Waals surface area contributed by atoms with E-state index in [-0.39, 0.29) is 5.91 Å². The first-order valence-electron chi connectivity index (χ1n) is 10.2. The number of aliphatic hydroxyl groups is 1. The maximum absolute atomic E-state index is 12.2. The molecule has 0 aromatic carbocycles. The van der Waals surface area contributed by atoms with Crippen LogP contribution in [0, 0.1) is 0 Å². The summed E-state index contributed by atoms with van der Waals surface area (Å²) in [6.07, 6.45) is 1.91. The number of nitrogens with one attached hydrogen (secondary N) is 1. The number of aromatic nitrogens is 1. The van der Waals surface area contributed by atoms with E-state index in [1.165, 1.54) is 0 Å². The molecular formula is C20H29N5O4S. The molecule has 3 heterocycles. The lowest BCUT2D eigenvalue weighted by Gasteiger charge is -2.35. The highest BCUT2D eigenvalue weighted by atomic mass is 32.1. The Bertz CT molecular complexity index is 802. The molecule has 10 heteroatoms. The Morgan fingerprint density at radius 1 is 1.23 bits per heavy atom. The second kappa shape index (κ2) is 11.2. The van der Waals surface area contributed by atoms with E-state index < -0.39 is 12.0 Å². The van der Waals surface area contributed by atoms with Crippen LogP contribution in [-0.4, -0.2) is 83.8 Å². The number of rotatable bonds is 11. The monoisotopic (exact) mass is 435 g/mol. The zero-order valence-electron chi connectivity index (χ0n) is 17.0. The minimum atomic E-state index is -1.09. The number of unbranched alkanes of at least 4 members (excludes halogenated alkanes) is 2. The standard InChI is InChI=1S/C20H29N5O4S/c21-19(27)16(26)14-25-10-8-24(9-11-25)7-3-1-2-6-22-20(28)15-13-17(29-23-15)18-5-4-12-30-18/h4-5,12-13,16,26H,1-3,6-11,14H2,(H2,21,27)(H,22,28)/t16-/m0/s1. The minimum absolute atomic E-state index is 0.212. The molecule has 9 nitrogen and oxygen atoms in total. The number of carbonyl (C=O) groups is 2. The molecular weight excluding hydrogens is 406 g/mol. The lowest BCUT2D eigenvalue weighted by molar-refractivity contribution is -0.127. The number of nitrogens with zero attached hydrogens (tertiary/aromatic N) is 3. The highest BCUT2D eigenvalue weighted by molar-refractivity contribution is 7.13. The fraction of sp³-hybridized carbons (Fsp3) is 0.550. The quantitative estimate of drug-likeness (QED) is 0.445. The molecule has 30 heavy (non-hydrogen) atoms. The van der Waals surface area contributed by atoms with Crippen molar-refractivity contribution in [1.29, 1.82) is 0 Å². The molecule has 2 amide bonds. The predicted octanol–water partition coefficient (Wildman–Crippen LogP) is 0.767. The number of hydrogen-bond acceptors (Lipinski definition) is 8. The Kier molecular flexibility index (Phi) is 8.38. The number of nitrogens with two attached hydrogens (primary N) is 1. The molecule has 1 aliphatic heterocycles. The largest absolute Gasteiger partial charge is 0.382 e. The van der Waals surface area contributed by atoms with Gasteiger partial charge in [-0.3, -0.25) is 14.5 Å². The van der Waals surface area contributed by atoms with Gasteiger partial charge in [0, 0.05) is 45.3 Å². The van der Waals surface area contributed by atoms with Gasteiger partial charge in [0.25, 0.3) is 5.91 Å². The topological polar surface area (TPSA) is 125 Å². The van der Waals surface area contributed by atoms with Crippen LogP contribution in [0.5, 0.6) is 0 Å². The van der Waals surface area contributed by atoms with E-state index in [1.54, 1.807) is 17.4 Å². The van der Waals surface area contributed by atoms with Crippen molar-refractivity contribution in [3.63, 3.8) is 0 Å². The summed E-state index contributed by atoms with van der Waals surface area (Å²) in [5, 5.41) is 18.2. The van der Waals surface area contributed by atoms with Crippen molar-refractivity contribution in [3.05, 3.63) is 29.3 Å². The average molecular weight is 436 g/mol. The summed E-state index contributed by atoms with van der Waals surface area (Å²) < 4.78 is 5.24. The first-order valence-corrected chi connectivity index (χ1v) is 11.1. The first-order chi connectivity index (χ1) is 14.5. The number of thiophene rings is 1. The van der Waals surface area contributed by atoms with E-state index in [4.69, 9.17) is 10.3 Å². The van der Waals surface area contributed by atoms with E-state index in [1.807, 2.05) is 17.5 Å². The van der Waals surface area contributed by atoms with Crippen molar-refractivity contribution in [2.24, 2.45) is 5.73 Å². The van der Waals surface area contributed by atoms with Gasteiger partial charge in [-0.05, 0) is 30.8 Å². The average Bonchev–Trinajstić information content (AvgIpc) is 3.43. The molecule has 1 atom stereocenters. The molecule has 0 bridgehead atoms. The van der Waals surface area contributed by atoms with Crippen LogP contribution >= 0.6 is 11.3 Å². The SMILES string of the molecule is NC(=O)[C@@H](O)CN1CCN(CCCCCNC(=O)c2cc(-c3cccs3)on2)CC1. The molecule has 2 aromatic rings. The van der Waals surface area contributed by atoms with Crippen molar-refractivity contribution in [2.75, 3.05) is 45.8 Å². The van der Waals surface area contributed by atoms with Gasteiger partial charge < -0.3 is 25.6 Å². The van der Waals surface area contributed by atoms with Crippen molar-refractivity contribution in [3.8, 4) is 10.6 Å². The molecule has 2 aromatic heterocycles. The summed E-state index contributed by atoms with van der Waals surface area (Å²) in [6.45, 7) is 5.41. The molecule has 1 fully saturated rings. The van der Waals surface area contributed by atoms with Crippen LogP contribution in [0.3, 0.4) is 0 Å². The van der Waals surface area contributed by atoms with E-state index in [0.29, 0.717) is 24.5 Å². The zero-order valence-corrected chi connectivity index (χ0v) is 17.8. The molecule has 0 saturated carbocycles. The maximum atomic E-state index is 12.2. The second-order valence-electron chi connectivity index (χ2n) is 7.43. The Labute approximate surface area is 179 Å². The van der Waals surface area contributed by atoms with Crippen LogP contribution in [-0.2, 0) is 4.79 Å². The van der Waals surface area contributed by atoms with E-state index in [0.717, 1.165) is 56.9 Å². The summed E-state index contributed by atoms with van der Waals surface area (Å²) in [7, 11) is 0. The van der Waals surface area contributed by atoms with Crippen LogP contribution in [0.1, 0.15) is 29.8 Å². The number of primary amides is 1. The van der Waals surface area contributed by atoms with Gasteiger partial charge in [0.15, 0.2) is 11.5 Å². The summed E-state index contributed by atoms with van der Waals surface area (Å²) in [4.78, 5) is 28.5. The normalized spacial score (nSPS) is 16.4. The maximum Gasteiger partial charge on any atom is 0.273 e. The lowest BCUT2D eigenvalue weighted by Crippen LogP contribution is -2.50. The van der Waals surface area contributed by atoms with Crippen molar-refractivity contribution < 1.29 is 19.2 Å². The number of aliphatic hydroxyl groups excluding tert-OH is 1. The fourth-order valence-electron chi connectivity index (χ4n) is 3.38. The Morgan fingerprint density at radius 3 is 2.70 bits per heavy atom. The molecule has 1 saturated heterocycles. The Balaban J connectivity index is 1.24. The van der Waals surface area contributed by atoms with Gasteiger partial charge in [-0.1, -0.05) is 17.6 Å². The van der Waals surface area contributed by atoms with Gasteiger partial charge in [-0.2, -0.15) is 0 Å². The van der Waals surface area contributed by atoms with Gasteiger partial charge in [0.05, 0.1) is 4.88 Å². The highest BCUT2D eigenvalue weighted by Crippen LogP contribution is 2.25. The van der Waals surface area contributed by atoms with Crippen molar-refractivity contribution in [2.45, 2.75) is 25.4 Å². The molecule has 4 N–H and O–H groups in total. The smallest absolute Gasteiger partial charge is 0.273 e. The highest BCUT2D eigenvalue weighted by Gasteiger charge is 2.21. The summed E-state index contributed by atoms with van der Waals surface area (Å²) in [6, 6.07) is 5.52. The van der Waals surface area contributed by atoms with E-state index in [9.17, 15) is 14.7 Å². The second-order valence-corrected chi connectivity index (χ2v) is 8.38. The number of piperazine rings is 1. The van der Waals surface area contributed by atoms with Gasteiger partial charge in [0.2, 0.25) is 5.91 Å². The summed E-state index contributed by atoms with van der Waals surface area (Å²) >= 11 is 1.54. The molecule has 0 radical (unpaired) electrons. The van der Waals surface area contributed by atoms with Crippen LogP contribution in [0.25, 0.3) is 10.6 Å². The van der Waals surface area contributed by atoms with E-state index in [2.05, 4.69) is 20.3 Å². The number of amides is 2. The fourth-order valence-corrected chi connectivity index (χ4v) is 4.05. The van der Waals surface area contributed by atoms with Gasteiger partial charge >= 0.3 is 0 Å². The van der Waals surface area contributed by atoms with E-state index >= 15 is 0 Å².